The first-order valence-corrected chi connectivity index (χ1v) is 7.75. The number of oxazole rings is 1. The summed E-state index contributed by atoms with van der Waals surface area (Å²) in [5.74, 6) is 2.47. The van der Waals surface area contributed by atoms with Crippen LogP contribution in [-0.2, 0) is 6.54 Å². The van der Waals surface area contributed by atoms with Gasteiger partial charge in [0.2, 0.25) is 5.89 Å². The molecule has 0 aliphatic heterocycles. The number of hydrogen-bond donors (Lipinski definition) is 2. The summed E-state index contributed by atoms with van der Waals surface area (Å²) in [6, 6.07) is 5.44. The molecule has 7 heteroatoms. The van der Waals surface area contributed by atoms with Crippen molar-refractivity contribution in [3.05, 3.63) is 29.7 Å². The van der Waals surface area contributed by atoms with Gasteiger partial charge in [-0.2, -0.15) is 0 Å². The standard InChI is InChI=1S/C17H24N2O5/c1-12-15(11-19(6-8-20)7-9-21)18-17(24-12)14-5-4-13(22-2)10-16(14)23-3/h4-5,10,20-21H,6-9,11H2,1-3H3. The highest BCUT2D eigenvalue weighted by Crippen LogP contribution is 2.33. The van der Waals surface area contributed by atoms with E-state index in [4.69, 9.17) is 24.1 Å². The molecule has 0 radical (unpaired) electrons. The van der Waals surface area contributed by atoms with Crippen LogP contribution in [0.5, 0.6) is 11.5 Å². The number of benzene rings is 1. The molecule has 1 aromatic heterocycles. The first-order valence-electron chi connectivity index (χ1n) is 7.75. The van der Waals surface area contributed by atoms with Crippen LogP contribution in [0.15, 0.2) is 22.6 Å². The molecule has 2 aromatic rings. The Labute approximate surface area is 141 Å². The van der Waals surface area contributed by atoms with E-state index in [1.54, 1.807) is 20.3 Å². The monoisotopic (exact) mass is 336 g/mol. The molecule has 7 nitrogen and oxygen atoms in total. The Morgan fingerprint density at radius 1 is 1.12 bits per heavy atom. The highest BCUT2D eigenvalue weighted by molar-refractivity contribution is 5.65. The number of aromatic nitrogens is 1. The average molecular weight is 336 g/mol. The number of hydrogen-bond acceptors (Lipinski definition) is 7. The molecule has 24 heavy (non-hydrogen) atoms. The zero-order valence-electron chi connectivity index (χ0n) is 14.3. The van der Waals surface area contributed by atoms with Crippen molar-refractivity contribution in [1.82, 2.24) is 9.88 Å². The molecular formula is C17H24N2O5. The first kappa shape index (κ1) is 18.3. The topological polar surface area (TPSA) is 88.2 Å². The second kappa shape index (κ2) is 8.68. The molecule has 1 heterocycles. The fourth-order valence-electron chi connectivity index (χ4n) is 2.43. The van der Waals surface area contributed by atoms with Crippen LogP contribution in [0, 0.1) is 6.92 Å². The van der Waals surface area contributed by atoms with Gasteiger partial charge in [0.1, 0.15) is 17.3 Å². The third-order valence-corrected chi connectivity index (χ3v) is 3.74. The normalized spacial score (nSPS) is 11.1. The van der Waals surface area contributed by atoms with Crippen molar-refractivity contribution >= 4 is 0 Å². The molecule has 132 valence electrons. The van der Waals surface area contributed by atoms with Crippen LogP contribution in [0.25, 0.3) is 11.5 Å². The average Bonchev–Trinajstić information content (AvgIpc) is 2.95. The molecule has 0 atom stereocenters. The molecule has 0 amide bonds. The van der Waals surface area contributed by atoms with Gasteiger partial charge in [-0.15, -0.1) is 0 Å². The lowest BCUT2D eigenvalue weighted by Gasteiger charge is -2.18. The summed E-state index contributed by atoms with van der Waals surface area (Å²) in [4.78, 5) is 6.47. The minimum atomic E-state index is 0.0239. The van der Waals surface area contributed by atoms with E-state index in [0.717, 1.165) is 11.3 Å². The van der Waals surface area contributed by atoms with Crippen molar-refractivity contribution in [3.8, 4) is 23.0 Å². The Hall–Kier alpha value is -2.09. The fourth-order valence-corrected chi connectivity index (χ4v) is 2.43. The van der Waals surface area contributed by atoms with Gasteiger partial charge in [-0.3, -0.25) is 4.90 Å². The number of rotatable bonds is 9. The van der Waals surface area contributed by atoms with Gasteiger partial charge in [-0.25, -0.2) is 4.98 Å². The quantitative estimate of drug-likeness (QED) is 0.716. The molecule has 1 aromatic carbocycles. The Morgan fingerprint density at radius 3 is 2.42 bits per heavy atom. The second-order valence-corrected chi connectivity index (χ2v) is 5.31. The van der Waals surface area contributed by atoms with Crippen molar-refractivity contribution in [2.45, 2.75) is 13.5 Å². The lowest BCUT2D eigenvalue weighted by atomic mass is 10.2. The van der Waals surface area contributed by atoms with E-state index < -0.39 is 0 Å². The molecule has 2 rings (SSSR count). The lowest BCUT2D eigenvalue weighted by molar-refractivity contribution is 0.154. The number of nitrogens with zero attached hydrogens (tertiary/aromatic N) is 2. The summed E-state index contributed by atoms with van der Waals surface area (Å²) in [7, 11) is 3.18. The van der Waals surface area contributed by atoms with Crippen LogP contribution in [0.4, 0.5) is 0 Å². The van der Waals surface area contributed by atoms with E-state index in [1.165, 1.54) is 0 Å². The number of aryl methyl sites for hydroxylation is 1. The molecule has 0 fully saturated rings. The summed E-state index contributed by atoms with van der Waals surface area (Å²) < 4.78 is 16.4. The van der Waals surface area contributed by atoms with Crippen molar-refractivity contribution in [2.75, 3.05) is 40.5 Å². The zero-order chi connectivity index (χ0) is 17.5. The van der Waals surface area contributed by atoms with E-state index in [-0.39, 0.29) is 13.2 Å². The van der Waals surface area contributed by atoms with Gasteiger partial charge in [0.25, 0.3) is 0 Å². The molecule has 0 bridgehead atoms. The predicted molar refractivity (Wildman–Crippen MR) is 89.2 cm³/mol. The molecule has 0 aliphatic carbocycles. The molecule has 0 unspecified atom stereocenters. The minimum absolute atomic E-state index is 0.0239. The van der Waals surface area contributed by atoms with Gasteiger partial charge in [0, 0.05) is 25.7 Å². The lowest BCUT2D eigenvalue weighted by Crippen LogP contribution is -2.29. The molecule has 0 aliphatic rings. The maximum Gasteiger partial charge on any atom is 0.230 e. The number of methoxy groups -OCH3 is 2. The largest absolute Gasteiger partial charge is 0.497 e. The Bertz CT molecular complexity index is 650. The summed E-state index contributed by atoms with van der Waals surface area (Å²) in [5.41, 5.74) is 1.51. The molecule has 0 spiro atoms. The van der Waals surface area contributed by atoms with E-state index in [0.29, 0.717) is 42.8 Å². The maximum absolute atomic E-state index is 9.12. The first-order chi connectivity index (χ1) is 11.6. The minimum Gasteiger partial charge on any atom is -0.497 e. The Balaban J connectivity index is 2.28. The van der Waals surface area contributed by atoms with Gasteiger partial charge in [-0.1, -0.05) is 0 Å². The highest BCUT2D eigenvalue weighted by atomic mass is 16.5. The van der Waals surface area contributed by atoms with Crippen LogP contribution < -0.4 is 9.47 Å². The second-order valence-electron chi connectivity index (χ2n) is 5.31. The van der Waals surface area contributed by atoms with E-state index >= 15 is 0 Å². The van der Waals surface area contributed by atoms with Crippen LogP contribution in [0.2, 0.25) is 0 Å². The summed E-state index contributed by atoms with van der Waals surface area (Å²) in [6.07, 6.45) is 0. The van der Waals surface area contributed by atoms with Gasteiger partial charge in [-0.05, 0) is 19.1 Å². The highest BCUT2D eigenvalue weighted by Gasteiger charge is 2.17. The van der Waals surface area contributed by atoms with Gasteiger partial charge >= 0.3 is 0 Å². The van der Waals surface area contributed by atoms with Gasteiger partial charge < -0.3 is 24.1 Å². The third-order valence-electron chi connectivity index (χ3n) is 3.74. The van der Waals surface area contributed by atoms with Crippen LogP contribution in [-0.4, -0.2) is 60.6 Å². The Morgan fingerprint density at radius 2 is 1.83 bits per heavy atom. The van der Waals surface area contributed by atoms with Crippen molar-refractivity contribution < 1.29 is 24.1 Å². The SMILES string of the molecule is COc1ccc(-c2nc(CN(CCO)CCO)c(C)o2)c(OC)c1. The summed E-state index contributed by atoms with van der Waals surface area (Å²) >= 11 is 0. The molecule has 0 saturated heterocycles. The fraction of sp³-hybridized carbons (Fsp3) is 0.471. The van der Waals surface area contributed by atoms with Crippen LogP contribution >= 0.6 is 0 Å². The van der Waals surface area contributed by atoms with Crippen LogP contribution in [0.3, 0.4) is 0 Å². The van der Waals surface area contributed by atoms with Crippen molar-refractivity contribution in [3.63, 3.8) is 0 Å². The smallest absolute Gasteiger partial charge is 0.230 e. The van der Waals surface area contributed by atoms with Crippen molar-refractivity contribution in [1.29, 1.82) is 0 Å². The van der Waals surface area contributed by atoms with Gasteiger partial charge in [0.05, 0.1) is 38.7 Å². The molecule has 0 saturated carbocycles. The zero-order valence-corrected chi connectivity index (χ0v) is 14.3. The van der Waals surface area contributed by atoms with Crippen molar-refractivity contribution in [2.24, 2.45) is 0 Å². The Kier molecular flexibility index (Phi) is 6.60. The molecular weight excluding hydrogens is 312 g/mol. The van der Waals surface area contributed by atoms with E-state index in [1.807, 2.05) is 24.0 Å². The number of aliphatic hydroxyl groups excluding tert-OH is 2. The summed E-state index contributed by atoms with van der Waals surface area (Å²) in [5, 5.41) is 18.2. The van der Waals surface area contributed by atoms with Gasteiger partial charge in [0.15, 0.2) is 0 Å². The predicted octanol–water partition coefficient (Wildman–Crippen LogP) is 1.45. The maximum atomic E-state index is 9.12. The third kappa shape index (κ3) is 4.25. The number of ether oxygens (including phenoxy) is 2. The van der Waals surface area contributed by atoms with E-state index in [2.05, 4.69) is 4.98 Å². The van der Waals surface area contributed by atoms with E-state index in [9.17, 15) is 0 Å². The summed E-state index contributed by atoms with van der Waals surface area (Å²) in [6.45, 7) is 3.32. The van der Waals surface area contributed by atoms with Crippen LogP contribution in [0.1, 0.15) is 11.5 Å². The molecule has 2 N–H and O–H groups in total. The number of aliphatic hydroxyl groups is 2.